The van der Waals surface area contributed by atoms with Crippen LogP contribution in [0.4, 0.5) is 0 Å². The summed E-state index contributed by atoms with van der Waals surface area (Å²) in [6, 6.07) is 10.0. The van der Waals surface area contributed by atoms with E-state index in [0.717, 1.165) is 17.9 Å². The minimum Gasteiger partial charge on any atom is -0.299 e. The quantitative estimate of drug-likeness (QED) is 0.750. The van der Waals surface area contributed by atoms with Gasteiger partial charge in [-0.2, -0.15) is 0 Å². The minimum absolute atomic E-state index is 0.846. The predicted molar refractivity (Wildman–Crippen MR) is 70.2 cm³/mol. The highest BCUT2D eigenvalue weighted by molar-refractivity contribution is 5.35. The Hall–Kier alpha value is -0.820. The maximum Gasteiger partial charge on any atom is 0.0168 e. The maximum absolute atomic E-state index is 2.80. The highest BCUT2D eigenvalue weighted by Crippen LogP contribution is 2.43. The molecule has 0 spiro atoms. The van der Waals surface area contributed by atoms with E-state index in [1.807, 2.05) is 0 Å². The van der Waals surface area contributed by atoms with Crippen molar-refractivity contribution in [3.63, 3.8) is 0 Å². The predicted octanol–water partition coefficient (Wildman–Crippen LogP) is 3.20. The zero-order chi connectivity index (χ0) is 11.2. The SMILES string of the molecule is c1ccc2c(c1)CC[C@@H]1[C@H]2CCN1CC1CC1. The van der Waals surface area contributed by atoms with Crippen LogP contribution in [0.5, 0.6) is 0 Å². The Kier molecular flexibility index (Phi) is 2.29. The summed E-state index contributed by atoms with van der Waals surface area (Å²) < 4.78 is 0. The summed E-state index contributed by atoms with van der Waals surface area (Å²) in [5.74, 6) is 1.89. The average molecular weight is 227 g/mol. The van der Waals surface area contributed by atoms with E-state index < -0.39 is 0 Å². The third-order valence-corrected chi connectivity index (χ3v) is 5.01. The number of hydrogen-bond donors (Lipinski definition) is 0. The van der Waals surface area contributed by atoms with Crippen LogP contribution in [0, 0.1) is 5.92 Å². The van der Waals surface area contributed by atoms with Crippen molar-refractivity contribution < 1.29 is 0 Å². The molecule has 1 nitrogen and oxygen atoms in total. The van der Waals surface area contributed by atoms with E-state index in [1.165, 1.54) is 45.2 Å². The molecule has 90 valence electrons. The fourth-order valence-corrected chi connectivity index (χ4v) is 3.95. The van der Waals surface area contributed by atoms with Gasteiger partial charge in [0.2, 0.25) is 0 Å². The second-order valence-electron chi connectivity index (χ2n) is 6.14. The summed E-state index contributed by atoms with van der Waals surface area (Å²) in [7, 11) is 0. The lowest BCUT2D eigenvalue weighted by atomic mass is 9.79. The molecule has 1 heteroatoms. The van der Waals surface area contributed by atoms with Crippen LogP contribution in [-0.4, -0.2) is 24.0 Å². The van der Waals surface area contributed by atoms with Crippen molar-refractivity contribution in [2.45, 2.75) is 44.1 Å². The Morgan fingerprint density at radius 3 is 2.82 bits per heavy atom. The van der Waals surface area contributed by atoms with E-state index in [9.17, 15) is 0 Å². The first-order valence-electron chi connectivity index (χ1n) is 7.23. The first-order chi connectivity index (χ1) is 8.42. The lowest BCUT2D eigenvalue weighted by Gasteiger charge is -2.33. The Balaban J connectivity index is 1.59. The van der Waals surface area contributed by atoms with Crippen LogP contribution < -0.4 is 0 Å². The minimum atomic E-state index is 0.846. The summed E-state index contributed by atoms with van der Waals surface area (Å²) in [6.45, 7) is 2.74. The summed E-state index contributed by atoms with van der Waals surface area (Å²) in [6.07, 6.45) is 7.08. The second kappa shape index (κ2) is 3.84. The summed E-state index contributed by atoms with van der Waals surface area (Å²) in [4.78, 5) is 2.80. The standard InChI is InChI=1S/C16H21N/c1-2-4-14-13(3-1)7-8-16-15(14)9-10-17(16)11-12-5-6-12/h1-4,12,15-16H,5-11H2/t15-,16+/m0/s1. The molecule has 1 aliphatic heterocycles. The van der Waals surface area contributed by atoms with E-state index in [2.05, 4.69) is 29.2 Å². The third kappa shape index (κ3) is 1.72. The van der Waals surface area contributed by atoms with Crippen molar-refractivity contribution in [2.75, 3.05) is 13.1 Å². The summed E-state index contributed by atoms with van der Waals surface area (Å²) in [5.41, 5.74) is 3.30. The zero-order valence-corrected chi connectivity index (χ0v) is 10.4. The molecule has 0 aromatic heterocycles. The van der Waals surface area contributed by atoms with Crippen LogP contribution in [0.25, 0.3) is 0 Å². The molecule has 0 radical (unpaired) electrons. The topological polar surface area (TPSA) is 3.24 Å². The van der Waals surface area contributed by atoms with E-state index in [4.69, 9.17) is 0 Å². The molecule has 1 aromatic carbocycles. The fourth-order valence-electron chi connectivity index (χ4n) is 3.95. The van der Waals surface area contributed by atoms with Crippen molar-refractivity contribution in [1.29, 1.82) is 0 Å². The molecular formula is C16H21N. The smallest absolute Gasteiger partial charge is 0.0168 e. The highest BCUT2D eigenvalue weighted by atomic mass is 15.2. The molecule has 0 amide bonds. The normalized spacial score (nSPS) is 32.2. The number of likely N-dealkylation sites (tertiary alicyclic amines) is 1. The number of benzene rings is 1. The van der Waals surface area contributed by atoms with E-state index in [0.29, 0.717) is 0 Å². The number of aryl methyl sites for hydroxylation is 1. The first kappa shape index (κ1) is 10.1. The van der Waals surface area contributed by atoms with Gasteiger partial charge in [0.25, 0.3) is 0 Å². The third-order valence-electron chi connectivity index (χ3n) is 5.01. The molecule has 0 unspecified atom stereocenters. The second-order valence-corrected chi connectivity index (χ2v) is 6.14. The molecule has 1 saturated carbocycles. The van der Waals surface area contributed by atoms with Gasteiger partial charge in [0.1, 0.15) is 0 Å². The van der Waals surface area contributed by atoms with Crippen LogP contribution in [0.1, 0.15) is 42.7 Å². The maximum atomic E-state index is 2.80. The van der Waals surface area contributed by atoms with Gasteiger partial charge in [-0.3, -0.25) is 4.90 Å². The fraction of sp³-hybridized carbons (Fsp3) is 0.625. The summed E-state index contributed by atoms with van der Waals surface area (Å²) >= 11 is 0. The molecule has 0 N–H and O–H groups in total. The molecule has 4 rings (SSSR count). The van der Waals surface area contributed by atoms with Gasteiger partial charge in [-0.25, -0.2) is 0 Å². The Labute approximate surface area is 104 Å². The van der Waals surface area contributed by atoms with Gasteiger partial charge in [0.15, 0.2) is 0 Å². The molecular weight excluding hydrogens is 206 g/mol. The number of fused-ring (bicyclic) bond motifs is 3. The van der Waals surface area contributed by atoms with Crippen molar-refractivity contribution in [3.05, 3.63) is 35.4 Å². The van der Waals surface area contributed by atoms with E-state index in [1.54, 1.807) is 11.1 Å². The molecule has 3 aliphatic rings. The van der Waals surface area contributed by atoms with Gasteiger partial charge in [0, 0.05) is 18.5 Å². The average Bonchev–Trinajstić information content (AvgIpc) is 3.09. The molecule has 2 fully saturated rings. The van der Waals surface area contributed by atoms with Crippen LogP contribution in [-0.2, 0) is 6.42 Å². The van der Waals surface area contributed by atoms with Crippen molar-refractivity contribution >= 4 is 0 Å². The Morgan fingerprint density at radius 2 is 1.94 bits per heavy atom. The van der Waals surface area contributed by atoms with E-state index >= 15 is 0 Å². The monoisotopic (exact) mass is 227 g/mol. The molecule has 2 aliphatic carbocycles. The van der Waals surface area contributed by atoms with Gasteiger partial charge < -0.3 is 0 Å². The Morgan fingerprint density at radius 1 is 1.06 bits per heavy atom. The van der Waals surface area contributed by atoms with Crippen LogP contribution in [0.2, 0.25) is 0 Å². The number of nitrogens with zero attached hydrogens (tertiary/aromatic N) is 1. The van der Waals surface area contributed by atoms with Crippen molar-refractivity contribution in [2.24, 2.45) is 5.92 Å². The summed E-state index contributed by atoms with van der Waals surface area (Å²) in [5, 5.41) is 0. The lowest BCUT2D eigenvalue weighted by Crippen LogP contribution is -2.36. The van der Waals surface area contributed by atoms with Crippen molar-refractivity contribution in [3.8, 4) is 0 Å². The molecule has 1 saturated heterocycles. The van der Waals surface area contributed by atoms with Gasteiger partial charge in [-0.05, 0) is 55.7 Å². The molecule has 2 atom stereocenters. The van der Waals surface area contributed by atoms with Crippen molar-refractivity contribution in [1.82, 2.24) is 4.90 Å². The number of hydrogen-bond acceptors (Lipinski definition) is 1. The van der Waals surface area contributed by atoms with Gasteiger partial charge >= 0.3 is 0 Å². The molecule has 17 heavy (non-hydrogen) atoms. The Bertz CT molecular complexity index is 421. The molecule has 1 heterocycles. The van der Waals surface area contributed by atoms with Crippen LogP contribution >= 0.6 is 0 Å². The van der Waals surface area contributed by atoms with Gasteiger partial charge in [0.05, 0.1) is 0 Å². The zero-order valence-electron chi connectivity index (χ0n) is 10.4. The van der Waals surface area contributed by atoms with Gasteiger partial charge in [-0.1, -0.05) is 24.3 Å². The largest absolute Gasteiger partial charge is 0.299 e. The molecule has 1 aromatic rings. The van der Waals surface area contributed by atoms with Gasteiger partial charge in [-0.15, -0.1) is 0 Å². The van der Waals surface area contributed by atoms with Crippen LogP contribution in [0.15, 0.2) is 24.3 Å². The molecule has 0 bridgehead atoms. The van der Waals surface area contributed by atoms with Crippen LogP contribution in [0.3, 0.4) is 0 Å². The number of rotatable bonds is 2. The first-order valence-corrected chi connectivity index (χ1v) is 7.23. The van der Waals surface area contributed by atoms with E-state index in [-0.39, 0.29) is 0 Å². The highest BCUT2D eigenvalue weighted by Gasteiger charge is 2.40. The lowest BCUT2D eigenvalue weighted by molar-refractivity contribution is 0.218.